The Labute approximate surface area is 184 Å². The maximum absolute atomic E-state index is 12.7. The van der Waals surface area contributed by atoms with Gasteiger partial charge in [-0.3, -0.25) is 19.4 Å². The normalized spacial score (nSPS) is 15.1. The topological polar surface area (TPSA) is 73.7 Å². The molecule has 0 unspecified atom stereocenters. The monoisotopic (exact) mass is 426 g/mol. The van der Waals surface area contributed by atoms with Crippen LogP contribution in [0.2, 0.25) is 0 Å². The average molecular weight is 427 g/mol. The molecule has 0 spiro atoms. The Morgan fingerprint density at radius 1 is 0.968 bits per heavy atom. The van der Waals surface area contributed by atoms with Gasteiger partial charge in [-0.05, 0) is 39.8 Å². The van der Waals surface area contributed by atoms with Gasteiger partial charge in [0.15, 0.2) is 0 Å². The van der Waals surface area contributed by atoms with E-state index in [1.54, 1.807) is 4.68 Å². The molecule has 1 N–H and O–H groups in total. The van der Waals surface area contributed by atoms with E-state index in [9.17, 15) is 9.59 Å². The molecule has 0 atom stereocenters. The third kappa shape index (κ3) is 6.15. The van der Waals surface area contributed by atoms with Crippen LogP contribution >= 0.6 is 0 Å². The summed E-state index contributed by atoms with van der Waals surface area (Å²) in [6.45, 7) is 13.4. The van der Waals surface area contributed by atoms with E-state index in [4.69, 9.17) is 0 Å². The number of rotatable bonds is 8. The van der Waals surface area contributed by atoms with Crippen molar-refractivity contribution < 1.29 is 9.59 Å². The maximum atomic E-state index is 12.7. The van der Waals surface area contributed by atoms with Gasteiger partial charge in [-0.1, -0.05) is 17.7 Å². The van der Waals surface area contributed by atoms with E-state index in [0.29, 0.717) is 18.9 Å². The van der Waals surface area contributed by atoms with E-state index < -0.39 is 0 Å². The van der Waals surface area contributed by atoms with Crippen LogP contribution in [0.5, 0.6) is 0 Å². The number of aromatic nitrogens is 2. The fraction of sp³-hybridized carbons (Fsp3) is 0.522. The highest BCUT2D eigenvalue weighted by Gasteiger charge is 2.22. The van der Waals surface area contributed by atoms with Gasteiger partial charge in [0.05, 0.1) is 24.5 Å². The number of hydrogen-bond acceptors (Lipinski definition) is 5. The van der Waals surface area contributed by atoms with Crippen LogP contribution in [0.25, 0.3) is 5.69 Å². The minimum absolute atomic E-state index is 0.0547. The molecule has 8 heteroatoms. The first kappa shape index (κ1) is 23.0. The van der Waals surface area contributed by atoms with Crippen LogP contribution in [-0.4, -0.2) is 88.7 Å². The second kappa shape index (κ2) is 10.5. The zero-order chi connectivity index (χ0) is 22.4. The minimum atomic E-state index is -0.0547. The number of likely N-dealkylation sites (N-methyl/N-ethyl adjacent to an activating group) is 1. The Hall–Kier alpha value is -2.71. The van der Waals surface area contributed by atoms with E-state index in [0.717, 1.165) is 50.6 Å². The van der Waals surface area contributed by atoms with Crippen LogP contribution in [0, 0.1) is 13.8 Å². The summed E-state index contributed by atoms with van der Waals surface area (Å²) in [7, 11) is 0. The fourth-order valence-electron chi connectivity index (χ4n) is 3.83. The summed E-state index contributed by atoms with van der Waals surface area (Å²) >= 11 is 0. The maximum Gasteiger partial charge on any atom is 0.239 e. The molecule has 1 aromatic heterocycles. The summed E-state index contributed by atoms with van der Waals surface area (Å²) in [5.74, 6) is 0.798. The number of carbonyl (C=O) groups is 2. The number of benzene rings is 1. The van der Waals surface area contributed by atoms with E-state index >= 15 is 0 Å². The van der Waals surface area contributed by atoms with Crippen molar-refractivity contribution in [1.29, 1.82) is 0 Å². The Morgan fingerprint density at radius 3 is 2.13 bits per heavy atom. The zero-order valence-corrected chi connectivity index (χ0v) is 19.1. The molecule has 0 radical (unpaired) electrons. The third-order valence-electron chi connectivity index (χ3n) is 5.68. The second-order valence-corrected chi connectivity index (χ2v) is 8.08. The van der Waals surface area contributed by atoms with Crippen LogP contribution < -0.4 is 5.32 Å². The second-order valence-electron chi connectivity index (χ2n) is 8.08. The highest BCUT2D eigenvalue weighted by Crippen LogP contribution is 2.18. The van der Waals surface area contributed by atoms with Gasteiger partial charge in [-0.15, -0.1) is 0 Å². The first-order chi connectivity index (χ1) is 14.9. The highest BCUT2D eigenvalue weighted by molar-refractivity contribution is 5.91. The minimum Gasteiger partial charge on any atom is -0.342 e. The summed E-state index contributed by atoms with van der Waals surface area (Å²) in [5.41, 5.74) is 2.94. The number of piperazine rings is 1. The van der Waals surface area contributed by atoms with Crippen LogP contribution in [-0.2, 0) is 9.59 Å². The fourth-order valence-corrected chi connectivity index (χ4v) is 3.83. The lowest BCUT2D eigenvalue weighted by Gasteiger charge is -2.34. The zero-order valence-electron chi connectivity index (χ0n) is 19.1. The van der Waals surface area contributed by atoms with E-state index in [2.05, 4.69) is 20.2 Å². The molecule has 1 fully saturated rings. The van der Waals surface area contributed by atoms with Gasteiger partial charge in [0.1, 0.15) is 5.82 Å². The van der Waals surface area contributed by atoms with Crippen LogP contribution in [0.4, 0.5) is 5.82 Å². The molecule has 1 aromatic carbocycles. The Kier molecular flexibility index (Phi) is 7.81. The van der Waals surface area contributed by atoms with Crippen molar-refractivity contribution >= 4 is 17.6 Å². The van der Waals surface area contributed by atoms with Crippen molar-refractivity contribution in [1.82, 2.24) is 24.5 Å². The van der Waals surface area contributed by atoms with Gasteiger partial charge in [-0.2, -0.15) is 5.10 Å². The van der Waals surface area contributed by atoms with Gasteiger partial charge >= 0.3 is 0 Å². The molecule has 2 aromatic rings. The van der Waals surface area contributed by atoms with Crippen molar-refractivity contribution in [2.24, 2.45) is 0 Å². The van der Waals surface area contributed by atoms with Crippen molar-refractivity contribution in [3.8, 4) is 5.69 Å². The molecule has 0 bridgehead atoms. The molecular formula is C23H34N6O2. The molecule has 0 saturated carbocycles. The summed E-state index contributed by atoms with van der Waals surface area (Å²) in [5, 5.41) is 7.53. The lowest BCUT2D eigenvalue weighted by atomic mass is 10.2. The molecule has 31 heavy (non-hydrogen) atoms. The molecule has 0 aliphatic carbocycles. The lowest BCUT2D eigenvalue weighted by Crippen LogP contribution is -2.51. The SMILES string of the molecule is CCN(CC)C(=O)CN1CCN(CC(=O)Nc2cc(C)nn2-c2ccc(C)cc2)CC1. The predicted molar refractivity (Wildman–Crippen MR) is 122 cm³/mol. The van der Waals surface area contributed by atoms with Gasteiger partial charge in [0.25, 0.3) is 0 Å². The van der Waals surface area contributed by atoms with E-state index in [1.165, 1.54) is 5.56 Å². The molecular weight excluding hydrogens is 392 g/mol. The van der Waals surface area contributed by atoms with E-state index in [1.807, 2.05) is 62.9 Å². The van der Waals surface area contributed by atoms with Gasteiger partial charge < -0.3 is 10.2 Å². The molecule has 1 saturated heterocycles. The largest absolute Gasteiger partial charge is 0.342 e. The number of nitrogens with zero attached hydrogens (tertiary/aromatic N) is 5. The van der Waals surface area contributed by atoms with Gasteiger partial charge in [0.2, 0.25) is 11.8 Å². The van der Waals surface area contributed by atoms with Crippen LogP contribution in [0.3, 0.4) is 0 Å². The standard InChI is InChI=1S/C23H34N6O2/c1-5-28(6-2)23(31)17-27-13-11-26(12-14-27)16-22(30)24-21-15-19(4)25-29(21)20-9-7-18(3)8-10-20/h7-10,15H,5-6,11-14,16-17H2,1-4H3,(H,24,30). The third-order valence-corrected chi connectivity index (χ3v) is 5.68. The smallest absolute Gasteiger partial charge is 0.239 e. The van der Waals surface area contributed by atoms with Crippen LogP contribution in [0.15, 0.2) is 30.3 Å². The van der Waals surface area contributed by atoms with Crippen molar-refractivity contribution in [3.05, 3.63) is 41.6 Å². The van der Waals surface area contributed by atoms with Crippen LogP contribution in [0.1, 0.15) is 25.1 Å². The summed E-state index contributed by atoms with van der Waals surface area (Å²) in [6.07, 6.45) is 0. The summed E-state index contributed by atoms with van der Waals surface area (Å²) in [6, 6.07) is 9.94. The molecule has 8 nitrogen and oxygen atoms in total. The first-order valence-corrected chi connectivity index (χ1v) is 11.1. The molecule has 2 heterocycles. The number of anilines is 1. The molecule has 2 amide bonds. The average Bonchev–Trinajstić information content (AvgIpc) is 3.10. The molecule has 1 aliphatic rings. The number of nitrogens with one attached hydrogen (secondary N) is 1. The Bertz CT molecular complexity index is 880. The van der Waals surface area contributed by atoms with Gasteiger partial charge in [-0.25, -0.2) is 4.68 Å². The molecule has 3 rings (SSSR count). The Balaban J connectivity index is 1.51. The number of carbonyl (C=O) groups excluding carboxylic acids is 2. The molecule has 168 valence electrons. The summed E-state index contributed by atoms with van der Waals surface area (Å²) in [4.78, 5) is 31.2. The Morgan fingerprint density at radius 2 is 1.55 bits per heavy atom. The van der Waals surface area contributed by atoms with Crippen molar-refractivity contribution in [2.45, 2.75) is 27.7 Å². The van der Waals surface area contributed by atoms with Crippen molar-refractivity contribution in [3.63, 3.8) is 0 Å². The summed E-state index contributed by atoms with van der Waals surface area (Å²) < 4.78 is 1.77. The highest BCUT2D eigenvalue weighted by atomic mass is 16.2. The predicted octanol–water partition coefficient (Wildman–Crippen LogP) is 1.91. The molecule has 1 aliphatic heterocycles. The number of hydrogen-bond donors (Lipinski definition) is 1. The quantitative estimate of drug-likeness (QED) is 0.698. The lowest BCUT2D eigenvalue weighted by molar-refractivity contribution is -0.132. The number of amides is 2. The van der Waals surface area contributed by atoms with E-state index in [-0.39, 0.29) is 11.8 Å². The first-order valence-electron chi connectivity index (χ1n) is 11.1. The van der Waals surface area contributed by atoms with Crippen molar-refractivity contribution in [2.75, 3.05) is 57.7 Å². The number of aryl methyl sites for hydroxylation is 2. The van der Waals surface area contributed by atoms with Gasteiger partial charge in [0, 0.05) is 45.3 Å².